The van der Waals surface area contributed by atoms with Crippen LogP contribution in [0.5, 0.6) is 0 Å². The van der Waals surface area contributed by atoms with Crippen LogP contribution in [0.25, 0.3) is 11.3 Å². The monoisotopic (exact) mass is 461 g/mol. The molecule has 8 heteroatoms. The molecule has 2 aromatic carbocycles. The quantitative estimate of drug-likeness (QED) is 0.398. The van der Waals surface area contributed by atoms with E-state index in [1.165, 1.54) is 12.7 Å². The van der Waals surface area contributed by atoms with Gasteiger partial charge >= 0.3 is 12.1 Å². The number of carbonyl (C=O) groups excluding carboxylic acids is 2. The van der Waals surface area contributed by atoms with Crippen molar-refractivity contribution in [2.75, 3.05) is 20.7 Å². The van der Waals surface area contributed by atoms with Crippen LogP contribution in [-0.4, -0.2) is 48.9 Å². The number of alkyl carbamates (subject to hydrolysis) is 1. The van der Waals surface area contributed by atoms with Crippen molar-refractivity contribution in [1.82, 2.24) is 26.1 Å². The summed E-state index contributed by atoms with van der Waals surface area (Å²) in [6.45, 7) is 1.05. The highest BCUT2D eigenvalue weighted by atomic mass is 16.5. The highest BCUT2D eigenvalue weighted by Crippen LogP contribution is 2.17. The van der Waals surface area contributed by atoms with Crippen molar-refractivity contribution in [3.05, 3.63) is 90.1 Å². The first kappa shape index (κ1) is 24.9. The predicted octanol–water partition coefficient (Wildman–Crippen LogP) is 3.75. The molecule has 34 heavy (non-hydrogen) atoms. The van der Waals surface area contributed by atoms with Gasteiger partial charge in [0.15, 0.2) is 0 Å². The number of nitrogens with one attached hydrogen (secondary N) is 3. The van der Waals surface area contributed by atoms with Crippen LogP contribution in [0.2, 0.25) is 0 Å². The Morgan fingerprint density at radius 3 is 2.35 bits per heavy atom. The van der Waals surface area contributed by atoms with E-state index in [1.54, 1.807) is 11.2 Å². The number of methoxy groups -OCH3 is 1. The molecule has 178 valence electrons. The normalized spacial score (nSPS) is 11.6. The lowest BCUT2D eigenvalue weighted by molar-refractivity contribution is 0.151. The summed E-state index contributed by atoms with van der Waals surface area (Å²) in [5, 5.41) is 7.29. The Morgan fingerprint density at radius 2 is 1.71 bits per heavy atom. The number of amides is 3. The molecule has 0 bridgehead atoms. The highest BCUT2D eigenvalue weighted by Gasteiger charge is 2.16. The Morgan fingerprint density at radius 1 is 0.971 bits per heavy atom. The van der Waals surface area contributed by atoms with Crippen molar-refractivity contribution in [1.29, 1.82) is 0 Å². The highest BCUT2D eigenvalue weighted by molar-refractivity contribution is 5.90. The molecular weight excluding hydrogens is 430 g/mol. The van der Waals surface area contributed by atoms with Gasteiger partial charge in [-0.05, 0) is 43.1 Å². The molecule has 0 spiro atoms. The Kier molecular flexibility index (Phi) is 9.57. The number of urea groups is 1. The molecule has 0 aliphatic heterocycles. The largest absolute Gasteiger partial charge is 0.453 e. The fourth-order valence-electron chi connectivity index (χ4n) is 3.58. The molecule has 0 saturated heterocycles. The molecule has 0 aliphatic rings. The molecule has 0 unspecified atom stereocenters. The van der Waals surface area contributed by atoms with Crippen LogP contribution in [0, 0.1) is 0 Å². The number of likely N-dealkylation sites (N-methyl/N-ethyl adjacent to an activating group) is 1. The van der Waals surface area contributed by atoms with Crippen molar-refractivity contribution in [3.8, 4) is 11.3 Å². The third-order valence-electron chi connectivity index (χ3n) is 5.43. The molecule has 3 aromatic rings. The number of hydrogen-bond acceptors (Lipinski definition) is 6. The van der Waals surface area contributed by atoms with Crippen LogP contribution in [-0.2, 0) is 17.7 Å². The van der Waals surface area contributed by atoms with Gasteiger partial charge in [-0.2, -0.15) is 0 Å². The summed E-state index contributed by atoms with van der Waals surface area (Å²) < 4.78 is 4.51. The van der Waals surface area contributed by atoms with Gasteiger partial charge in [0.05, 0.1) is 12.8 Å². The molecule has 0 fully saturated rings. The lowest BCUT2D eigenvalue weighted by atomic mass is 10.0. The van der Waals surface area contributed by atoms with Crippen LogP contribution in [0.15, 0.2) is 79.0 Å². The van der Waals surface area contributed by atoms with Crippen molar-refractivity contribution in [2.24, 2.45) is 0 Å². The zero-order chi connectivity index (χ0) is 24.2. The van der Waals surface area contributed by atoms with E-state index in [0.29, 0.717) is 13.1 Å². The minimum Gasteiger partial charge on any atom is -0.453 e. The van der Waals surface area contributed by atoms with Crippen LogP contribution in [0.4, 0.5) is 9.59 Å². The predicted molar refractivity (Wildman–Crippen MR) is 132 cm³/mol. The number of hydrogen-bond donors (Lipinski definition) is 3. The summed E-state index contributed by atoms with van der Waals surface area (Å²) in [6, 6.07) is 23.7. The van der Waals surface area contributed by atoms with E-state index in [9.17, 15) is 9.59 Å². The molecule has 0 saturated carbocycles. The lowest BCUT2D eigenvalue weighted by Gasteiger charge is -2.26. The molecule has 8 nitrogen and oxygen atoms in total. The number of rotatable bonds is 10. The molecule has 0 aliphatic carbocycles. The summed E-state index contributed by atoms with van der Waals surface area (Å²) in [6.07, 6.45) is 2.62. The van der Waals surface area contributed by atoms with Crippen LogP contribution in [0.1, 0.15) is 17.5 Å². The van der Waals surface area contributed by atoms with Crippen LogP contribution >= 0.6 is 0 Å². The minimum atomic E-state index is -0.811. The van der Waals surface area contributed by atoms with Gasteiger partial charge < -0.3 is 10.1 Å². The SMILES string of the molecule is CN[C@H](CCN(Cc1ccc(-c2ccccn2)cc1)NC(=O)NC(=O)OC)Cc1ccccc1. The van der Waals surface area contributed by atoms with E-state index in [0.717, 1.165) is 29.7 Å². The Labute approximate surface area is 200 Å². The van der Waals surface area contributed by atoms with Crippen LogP contribution < -0.4 is 16.1 Å². The van der Waals surface area contributed by atoms with E-state index >= 15 is 0 Å². The Hall–Kier alpha value is -3.75. The maximum absolute atomic E-state index is 12.3. The van der Waals surface area contributed by atoms with Crippen molar-refractivity contribution in [2.45, 2.75) is 25.4 Å². The van der Waals surface area contributed by atoms with Crippen molar-refractivity contribution in [3.63, 3.8) is 0 Å². The molecule has 1 aromatic heterocycles. The lowest BCUT2D eigenvalue weighted by Crippen LogP contribution is -2.49. The van der Waals surface area contributed by atoms with Gasteiger partial charge in [0.2, 0.25) is 0 Å². The summed E-state index contributed by atoms with van der Waals surface area (Å²) in [4.78, 5) is 28.1. The van der Waals surface area contributed by atoms with E-state index in [4.69, 9.17) is 0 Å². The number of ether oxygens (including phenoxy) is 1. The van der Waals surface area contributed by atoms with Crippen LogP contribution in [0.3, 0.4) is 0 Å². The maximum atomic E-state index is 12.3. The zero-order valence-electron chi connectivity index (χ0n) is 19.5. The number of benzene rings is 2. The summed E-state index contributed by atoms with van der Waals surface area (Å²) in [5.41, 5.74) is 6.94. The van der Waals surface area contributed by atoms with Gasteiger partial charge in [-0.3, -0.25) is 10.4 Å². The topological polar surface area (TPSA) is 95.6 Å². The second-order valence-corrected chi connectivity index (χ2v) is 7.85. The van der Waals surface area contributed by atoms with Gasteiger partial charge in [-0.15, -0.1) is 0 Å². The van der Waals surface area contributed by atoms with Crippen molar-refractivity contribution >= 4 is 12.1 Å². The van der Waals surface area contributed by atoms with Gasteiger partial charge in [-0.25, -0.2) is 19.9 Å². The summed E-state index contributed by atoms with van der Waals surface area (Å²) in [7, 11) is 3.15. The second-order valence-electron chi connectivity index (χ2n) is 7.85. The van der Waals surface area contributed by atoms with Gasteiger partial charge in [0.25, 0.3) is 0 Å². The van der Waals surface area contributed by atoms with Gasteiger partial charge in [-0.1, -0.05) is 60.7 Å². The Balaban J connectivity index is 1.65. The number of nitrogens with zero attached hydrogens (tertiary/aromatic N) is 2. The molecule has 3 amide bonds. The summed E-state index contributed by atoms with van der Waals surface area (Å²) >= 11 is 0. The van der Waals surface area contributed by atoms with E-state index in [2.05, 4.69) is 37.9 Å². The fourth-order valence-corrected chi connectivity index (χ4v) is 3.58. The standard InChI is InChI=1S/C26H31N5O3/c1-27-23(18-20-8-4-3-5-9-20)15-17-31(30-25(32)29-26(33)34-2)19-21-11-13-22(14-12-21)24-10-6-7-16-28-24/h3-14,16,23,27H,15,17-19H2,1-2H3,(H2,29,30,32,33)/t23-/m1/s1. The van der Waals surface area contributed by atoms with Crippen molar-refractivity contribution < 1.29 is 14.3 Å². The molecule has 1 atom stereocenters. The third-order valence-corrected chi connectivity index (χ3v) is 5.43. The van der Waals surface area contributed by atoms with E-state index in [-0.39, 0.29) is 6.04 Å². The first-order chi connectivity index (χ1) is 16.6. The number of carbonyl (C=O) groups is 2. The average molecular weight is 462 g/mol. The number of imide groups is 1. The van der Waals surface area contributed by atoms with E-state index in [1.807, 2.05) is 67.7 Å². The fraction of sp³-hybridized carbons (Fsp3) is 0.269. The second kappa shape index (κ2) is 13.1. The molecular formula is C26H31N5O3. The molecule has 3 rings (SSSR count). The maximum Gasteiger partial charge on any atom is 0.415 e. The molecule has 0 radical (unpaired) electrons. The average Bonchev–Trinajstić information content (AvgIpc) is 2.87. The summed E-state index contributed by atoms with van der Waals surface area (Å²) in [5.74, 6) is 0. The Bertz CT molecular complexity index is 1030. The van der Waals surface area contributed by atoms with Gasteiger partial charge in [0.1, 0.15) is 0 Å². The minimum absolute atomic E-state index is 0.224. The first-order valence-electron chi connectivity index (χ1n) is 11.2. The zero-order valence-corrected chi connectivity index (χ0v) is 19.5. The number of pyridine rings is 1. The first-order valence-corrected chi connectivity index (χ1v) is 11.2. The van der Waals surface area contributed by atoms with E-state index < -0.39 is 12.1 Å². The molecule has 3 N–H and O–H groups in total. The number of hydrazine groups is 1. The number of aromatic nitrogens is 1. The smallest absolute Gasteiger partial charge is 0.415 e. The molecule has 1 heterocycles. The van der Waals surface area contributed by atoms with Gasteiger partial charge in [0, 0.05) is 30.9 Å². The third kappa shape index (κ3) is 7.99.